The van der Waals surface area contributed by atoms with Gasteiger partial charge in [-0.15, -0.1) is 11.3 Å². The Morgan fingerprint density at radius 2 is 1.97 bits per heavy atom. The molecule has 0 radical (unpaired) electrons. The number of thiophene rings is 1. The van der Waals surface area contributed by atoms with Gasteiger partial charge in [0, 0.05) is 36.6 Å². The molecule has 9 heteroatoms. The molecule has 1 aromatic heterocycles. The molecule has 1 N–H and O–H groups in total. The lowest BCUT2D eigenvalue weighted by atomic mass is 10.1. The predicted octanol–water partition coefficient (Wildman–Crippen LogP) is 2.38. The molecule has 7 nitrogen and oxygen atoms in total. The first-order valence-corrected chi connectivity index (χ1v) is 11.8. The van der Waals surface area contributed by atoms with Crippen LogP contribution in [0.15, 0.2) is 41.8 Å². The molecule has 3 rings (SSSR count). The van der Waals surface area contributed by atoms with Crippen molar-refractivity contribution in [3.8, 4) is 0 Å². The highest BCUT2D eigenvalue weighted by atomic mass is 35.5. The molecular formula is C23H28ClN3O4S. The number of methoxy groups -OCH3 is 1. The average Bonchev–Trinajstić information content (AvgIpc) is 3.29. The third-order valence-electron chi connectivity index (χ3n) is 5.39. The van der Waals surface area contributed by atoms with E-state index in [0.717, 1.165) is 10.4 Å². The van der Waals surface area contributed by atoms with E-state index >= 15 is 0 Å². The van der Waals surface area contributed by atoms with E-state index < -0.39 is 6.04 Å². The number of piperazine rings is 1. The van der Waals surface area contributed by atoms with Crippen LogP contribution >= 0.6 is 22.9 Å². The maximum Gasteiger partial charge on any atom is 0.246 e. The molecule has 32 heavy (non-hydrogen) atoms. The number of nitrogens with one attached hydrogen (secondary N) is 1. The van der Waals surface area contributed by atoms with E-state index in [4.69, 9.17) is 16.3 Å². The van der Waals surface area contributed by atoms with Crippen LogP contribution in [0.4, 0.5) is 0 Å². The second-order valence-electron chi connectivity index (χ2n) is 7.62. The minimum atomic E-state index is -0.802. The Labute approximate surface area is 197 Å². The van der Waals surface area contributed by atoms with Gasteiger partial charge in [-0.2, -0.15) is 0 Å². The summed E-state index contributed by atoms with van der Waals surface area (Å²) in [6.45, 7) is 1.54. The van der Waals surface area contributed by atoms with Gasteiger partial charge < -0.3 is 19.9 Å². The van der Waals surface area contributed by atoms with Crippen molar-refractivity contribution in [2.45, 2.75) is 25.3 Å². The van der Waals surface area contributed by atoms with E-state index in [1.807, 2.05) is 41.8 Å². The van der Waals surface area contributed by atoms with E-state index in [-0.39, 0.29) is 30.7 Å². The highest BCUT2D eigenvalue weighted by molar-refractivity contribution is 7.09. The largest absolute Gasteiger partial charge is 0.383 e. The Kier molecular flexibility index (Phi) is 9.08. The van der Waals surface area contributed by atoms with E-state index in [9.17, 15) is 14.4 Å². The molecule has 0 bridgehead atoms. The highest BCUT2D eigenvalue weighted by Gasteiger charge is 2.39. The third-order valence-corrected chi connectivity index (χ3v) is 6.58. The van der Waals surface area contributed by atoms with Crippen molar-refractivity contribution in [3.05, 3.63) is 57.2 Å². The molecule has 3 amide bonds. The zero-order chi connectivity index (χ0) is 22.9. The lowest BCUT2D eigenvalue weighted by Gasteiger charge is -2.40. The molecule has 0 aliphatic carbocycles. The Morgan fingerprint density at radius 3 is 2.66 bits per heavy atom. The monoisotopic (exact) mass is 477 g/mol. The third kappa shape index (κ3) is 6.79. The van der Waals surface area contributed by atoms with Crippen LogP contribution in [-0.4, -0.2) is 73.5 Å². The van der Waals surface area contributed by atoms with Crippen molar-refractivity contribution < 1.29 is 19.1 Å². The number of carbonyl (C=O) groups excluding carboxylic acids is 3. The van der Waals surface area contributed by atoms with Gasteiger partial charge in [0.05, 0.1) is 19.6 Å². The number of benzene rings is 1. The van der Waals surface area contributed by atoms with Gasteiger partial charge in [0.1, 0.15) is 6.04 Å². The van der Waals surface area contributed by atoms with Crippen LogP contribution < -0.4 is 5.32 Å². The molecule has 1 atom stereocenters. The number of amides is 3. The van der Waals surface area contributed by atoms with Crippen LogP contribution in [-0.2, 0) is 32.0 Å². The minimum absolute atomic E-state index is 0.0152. The summed E-state index contributed by atoms with van der Waals surface area (Å²) in [7, 11) is 1.55. The van der Waals surface area contributed by atoms with Gasteiger partial charge in [-0.1, -0.05) is 29.8 Å². The van der Waals surface area contributed by atoms with E-state index in [1.165, 1.54) is 4.90 Å². The van der Waals surface area contributed by atoms with Crippen molar-refractivity contribution >= 4 is 40.7 Å². The summed E-state index contributed by atoms with van der Waals surface area (Å²) < 4.78 is 5.07. The van der Waals surface area contributed by atoms with Crippen molar-refractivity contribution in [2.24, 2.45) is 0 Å². The van der Waals surface area contributed by atoms with Gasteiger partial charge >= 0.3 is 0 Å². The van der Waals surface area contributed by atoms with E-state index in [1.54, 1.807) is 23.3 Å². The SMILES string of the molecule is COCCN1CC(=O)N(CCc2cccs2)C(CC(=O)NCCc2ccc(Cl)cc2)C1=O. The smallest absolute Gasteiger partial charge is 0.246 e. The number of hydrogen-bond acceptors (Lipinski definition) is 5. The van der Waals surface area contributed by atoms with Crippen LogP contribution in [0.1, 0.15) is 16.9 Å². The van der Waals surface area contributed by atoms with Crippen molar-refractivity contribution in [2.75, 3.05) is 39.9 Å². The number of hydrogen-bond donors (Lipinski definition) is 1. The van der Waals surface area contributed by atoms with Gasteiger partial charge in [0.25, 0.3) is 0 Å². The molecule has 1 aliphatic heterocycles. The summed E-state index contributed by atoms with van der Waals surface area (Å²) >= 11 is 7.51. The van der Waals surface area contributed by atoms with Gasteiger partial charge in [-0.3, -0.25) is 14.4 Å². The number of nitrogens with zero attached hydrogens (tertiary/aromatic N) is 2. The molecule has 2 heterocycles. The first-order valence-electron chi connectivity index (χ1n) is 10.6. The van der Waals surface area contributed by atoms with Crippen LogP contribution in [0.3, 0.4) is 0 Å². The number of carbonyl (C=O) groups is 3. The van der Waals surface area contributed by atoms with Crippen LogP contribution in [0.5, 0.6) is 0 Å². The summed E-state index contributed by atoms with van der Waals surface area (Å²) in [5, 5.41) is 5.52. The summed E-state index contributed by atoms with van der Waals surface area (Å²) in [6.07, 6.45) is 1.26. The quantitative estimate of drug-likeness (QED) is 0.539. The molecule has 1 aromatic carbocycles. The zero-order valence-corrected chi connectivity index (χ0v) is 19.7. The molecule has 1 fully saturated rings. The number of rotatable bonds is 11. The van der Waals surface area contributed by atoms with Crippen LogP contribution in [0, 0.1) is 0 Å². The van der Waals surface area contributed by atoms with E-state index in [2.05, 4.69) is 5.32 Å². The lowest BCUT2D eigenvalue weighted by molar-refractivity contribution is -0.157. The number of ether oxygens (including phenoxy) is 1. The summed E-state index contributed by atoms with van der Waals surface area (Å²) in [6, 6.07) is 10.6. The Bertz CT molecular complexity index is 904. The fourth-order valence-corrected chi connectivity index (χ4v) is 4.47. The highest BCUT2D eigenvalue weighted by Crippen LogP contribution is 2.18. The molecule has 1 aliphatic rings. The standard InChI is InChI=1S/C23H28ClN3O4S/c1-31-13-12-26-16-22(29)27(11-9-19-3-2-14-32-19)20(23(26)30)15-21(28)25-10-8-17-4-6-18(24)7-5-17/h2-7,14,20H,8-13,15-16H2,1H3,(H,25,28). The Hall–Kier alpha value is -2.42. The van der Waals surface area contributed by atoms with Crippen molar-refractivity contribution in [1.29, 1.82) is 0 Å². The fraction of sp³-hybridized carbons (Fsp3) is 0.435. The zero-order valence-electron chi connectivity index (χ0n) is 18.1. The molecule has 1 unspecified atom stereocenters. The summed E-state index contributed by atoms with van der Waals surface area (Å²) in [4.78, 5) is 42.8. The van der Waals surface area contributed by atoms with Gasteiger partial charge in [-0.05, 0) is 42.0 Å². The Balaban J connectivity index is 1.61. The Morgan fingerprint density at radius 1 is 1.19 bits per heavy atom. The molecule has 1 saturated heterocycles. The predicted molar refractivity (Wildman–Crippen MR) is 125 cm³/mol. The first-order chi connectivity index (χ1) is 15.5. The van der Waals surface area contributed by atoms with Crippen LogP contribution in [0.25, 0.3) is 0 Å². The molecule has 172 valence electrons. The van der Waals surface area contributed by atoms with Crippen LogP contribution in [0.2, 0.25) is 5.02 Å². The molecule has 0 spiro atoms. The summed E-state index contributed by atoms with van der Waals surface area (Å²) in [5.74, 6) is -0.600. The maximum absolute atomic E-state index is 13.1. The molecule has 2 aromatic rings. The molecular weight excluding hydrogens is 450 g/mol. The lowest BCUT2D eigenvalue weighted by Crippen LogP contribution is -2.61. The summed E-state index contributed by atoms with van der Waals surface area (Å²) in [5.41, 5.74) is 1.06. The van der Waals surface area contributed by atoms with Gasteiger partial charge in [0.15, 0.2) is 0 Å². The van der Waals surface area contributed by atoms with E-state index in [0.29, 0.717) is 44.1 Å². The van der Waals surface area contributed by atoms with Crippen molar-refractivity contribution in [1.82, 2.24) is 15.1 Å². The second kappa shape index (κ2) is 12.0. The minimum Gasteiger partial charge on any atom is -0.383 e. The second-order valence-corrected chi connectivity index (χ2v) is 9.08. The first kappa shape index (κ1) is 24.2. The number of halogens is 1. The van der Waals surface area contributed by atoms with Gasteiger partial charge in [-0.25, -0.2) is 0 Å². The maximum atomic E-state index is 13.1. The fourth-order valence-electron chi connectivity index (χ4n) is 3.65. The normalized spacial score (nSPS) is 16.5. The average molecular weight is 478 g/mol. The van der Waals surface area contributed by atoms with Crippen molar-refractivity contribution in [3.63, 3.8) is 0 Å². The topological polar surface area (TPSA) is 79.0 Å². The van der Waals surface area contributed by atoms with Gasteiger partial charge in [0.2, 0.25) is 17.7 Å². The molecule has 0 saturated carbocycles.